The van der Waals surface area contributed by atoms with Crippen LogP contribution in [0.4, 0.5) is 5.69 Å². The van der Waals surface area contributed by atoms with Crippen LogP contribution in [0.25, 0.3) is 0 Å². The molecule has 2 atom stereocenters. The number of methoxy groups -OCH3 is 2. The molecule has 1 unspecified atom stereocenters. The average Bonchev–Trinajstić information content (AvgIpc) is 2.67. The van der Waals surface area contributed by atoms with E-state index in [0.717, 1.165) is 23.4 Å². The molecule has 5 nitrogen and oxygen atoms in total. The molecule has 0 saturated carbocycles. The molecule has 2 aromatic carbocycles. The number of anilines is 1. The van der Waals surface area contributed by atoms with Crippen molar-refractivity contribution in [2.75, 3.05) is 33.1 Å². The van der Waals surface area contributed by atoms with Crippen LogP contribution >= 0.6 is 23.2 Å². The highest BCUT2D eigenvalue weighted by molar-refractivity contribution is 6.35. The molecule has 27 heavy (non-hydrogen) atoms. The number of hydrogen-bond donors (Lipinski definition) is 2. The minimum atomic E-state index is -0.250. The van der Waals surface area contributed by atoms with Gasteiger partial charge in [-0.2, -0.15) is 0 Å². The number of quaternary nitrogens is 1. The van der Waals surface area contributed by atoms with E-state index in [4.69, 9.17) is 32.7 Å². The predicted molar refractivity (Wildman–Crippen MR) is 110 cm³/mol. The summed E-state index contributed by atoms with van der Waals surface area (Å²) in [6.45, 7) is 2.67. The molecule has 2 rings (SSSR count). The van der Waals surface area contributed by atoms with Gasteiger partial charge >= 0.3 is 0 Å². The average molecular weight is 412 g/mol. The lowest BCUT2D eigenvalue weighted by Gasteiger charge is -2.21. The van der Waals surface area contributed by atoms with Gasteiger partial charge < -0.3 is 19.7 Å². The van der Waals surface area contributed by atoms with Crippen molar-refractivity contribution >= 4 is 34.8 Å². The number of halogens is 2. The van der Waals surface area contributed by atoms with Crippen LogP contribution in [0.5, 0.6) is 11.5 Å². The number of hydrogen-bond acceptors (Lipinski definition) is 3. The fourth-order valence-electron chi connectivity index (χ4n) is 2.65. The van der Waals surface area contributed by atoms with E-state index < -0.39 is 0 Å². The third-order valence-electron chi connectivity index (χ3n) is 4.57. The molecule has 0 saturated heterocycles. The first-order chi connectivity index (χ1) is 12.8. The molecule has 0 aromatic heterocycles. The van der Waals surface area contributed by atoms with Crippen LogP contribution in [0.3, 0.4) is 0 Å². The van der Waals surface area contributed by atoms with Crippen molar-refractivity contribution in [2.45, 2.75) is 19.4 Å². The normalized spacial score (nSPS) is 13.0. The minimum absolute atomic E-state index is 0.107. The first kappa shape index (κ1) is 21.4. The van der Waals surface area contributed by atoms with E-state index in [1.807, 2.05) is 32.2 Å². The molecule has 0 heterocycles. The highest BCUT2D eigenvalue weighted by Gasteiger charge is 2.22. The molecule has 1 amide bonds. The number of ether oxygens (including phenoxy) is 2. The van der Waals surface area contributed by atoms with Gasteiger partial charge in [0.25, 0.3) is 5.91 Å². The van der Waals surface area contributed by atoms with Crippen molar-refractivity contribution in [3.8, 4) is 11.5 Å². The van der Waals surface area contributed by atoms with Crippen LogP contribution in [-0.4, -0.2) is 39.8 Å². The monoisotopic (exact) mass is 411 g/mol. The number of benzene rings is 2. The molecule has 146 valence electrons. The highest BCUT2D eigenvalue weighted by atomic mass is 35.5. The van der Waals surface area contributed by atoms with Gasteiger partial charge in [-0.3, -0.25) is 4.79 Å². The maximum absolute atomic E-state index is 12.5. The molecule has 0 aliphatic carbocycles. The molecule has 0 spiro atoms. The van der Waals surface area contributed by atoms with Gasteiger partial charge in [0.2, 0.25) is 0 Å². The quantitative estimate of drug-likeness (QED) is 0.701. The number of nitrogens with one attached hydrogen (secondary N) is 2. The van der Waals surface area contributed by atoms with Crippen LogP contribution in [0, 0.1) is 0 Å². The summed E-state index contributed by atoms with van der Waals surface area (Å²) in [6.07, 6.45) is 0.807. The molecule has 2 aromatic rings. The summed E-state index contributed by atoms with van der Waals surface area (Å²) < 4.78 is 10.6. The molecule has 0 fully saturated rings. The first-order valence-electron chi connectivity index (χ1n) is 8.64. The van der Waals surface area contributed by atoms with Crippen LogP contribution < -0.4 is 19.7 Å². The zero-order valence-corrected chi connectivity index (χ0v) is 17.4. The number of carbonyl (C=O) groups excluding carboxylic acids is 1. The molecular formula is C20H25Cl2N2O3+. The molecule has 7 heteroatoms. The van der Waals surface area contributed by atoms with Crippen molar-refractivity contribution in [3.05, 3.63) is 52.0 Å². The highest BCUT2D eigenvalue weighted by Crippen LogP contribution is 2.27. The molecular weight excluding hydrogens is 387 g/mol. The predicted octanol–water partition coefficient (Wildman–Crippen LogP) is 3.10. The van der Waals surface area contributed by atoms with Gasteiger partial charge in [0.1, 0.15) is 0 Å². The van der Waals surface area contributed by atoms with E-state index in [0.29, 0.717) is 27.2 Å². The summed E-state index contributed by atoms with van der Waals surface area (Å²) in [7, 11) is 5.22. The van der Waals surface area contributed by atoms with E-state index in [2.05, 4.69) is 5.32 Å². The lowest BCUT2D eigenvalue weighted by atomic mass is 10.1. The Morgan fingerprint density at radius 3 is 2.48 bits per heavy atom. The first-order valence-corrected chi connectivity index (χ1v) is 9.40. The van der Waals surface area contributed by atoms with Gasteiger partial charge in [-0.1, -0.05) is 29.3 Å². The number of rotatable bonds is 8. The van der Waals surface area contributed by atoms with E-state index in [1.54, 1.807) is 32.4 Å². The molecule has 0 aliphatic rings. The summed E-state index contributed by atoms with van der Waals surface area (Å²) in [6, 6.07) is 10.6. The van der Waals surface area contributed by atoms with Crippen LogP contribution in [0.1, 0.15) is 12.5 Å². The Kier molecular flexibility index (Phi) is 7.78. The third-order valence-corrected chi connectivity index (χ3v) is 5.14. The number of amides is 1. The molecule has 0 aliphatic heterocycles. The van der Waals surface area contributed by atoms with Crippen molar-refractivity contribution in [1.29, 1.82) is 0 Å². The van der Waals surface area contributed by atoms with Gasteiger partial charge in [0, 0.05) is 11.4 Å². The second kappa shape index (κ2) is 9.83. The Morgan fingerprint density at radius 1 is 1.11 bits per heavy atom. The maximum Gasteiger partial charge on any atom is 0.282 e. The van der Waals surface area contributed by atoms with Gasteiger partial charge in [0.15, 0.2) is 17.5 Å². The van der Waals surface area contributed by atoms with Gasteiger partial charge in [0.05, 0.1) is 38.5 Å². The summed E-state index contributed by atoms with van der Waals surface area (Å²) in [4.78, 5) is 13.6. The minimum Gasteiger partial charge on any atom is -0.493 e. The largest absolute Gasteiger partial charge is 0.493 e. The van der Waals surface area contributed by atoms with Crippen molar-refractivity contribution < 1.29 is 19.2 Å². The Balaban J connectivity index is 1.95. The summed E-state index contributed by atoms with van der Waals surface area (Å²) in [5.41, 5.74) is 1.64. The molecule has 0 bridgehead atoms. The Bertz CT molecular complexity index is 799. The Labute approximate surface area is 170 Å². The summed E-state index contributed by atoms with van der Waals surface area (Å²) in [5, 5.41) is 3.84. The second-order valence-corrected chi connectivity index (χ2v) is 7.21. The van der Waals surface area contributed by atoms with E-state index in [-0.39, 0.29) is 11.9 Å². The van der Waals surface area contributed by atoms with Crippen molar-refractivity contribution in [2.24, 2.45) is 0 Å². The summed E-state index contributed by atoms with van der Waals surface area (Å²) >= 11 is 12.1. The number of likely N-dealkylation sites (N-methyl/N-ethyl adjacent to an activating group) is 1. The summed E-state index contributed by atoms with van der Waals surface area (Å²) in [5.74, 6) is 1.30. The van der Waals surface area contributed by atoms with E-state index in [9.17, 15) is 4.79 Å². The van der Waals surface area contributed by atoms with Crippen LogP contribution in [-0.2, 0) is 11.2 Å². The fraction of sp³-hybridized carbons (Fsp3) is 0.350. The lowest BCUT2D eigenvalue weighted by Crippen LogP contribution is -3.14. The number of carbonyl (C=O) groups is 1. The zero-order valence-electron chi connectivity index (χ0n) is 15.9. The topological polar surface area (TPSA) is 52.0 Å². The Morgan fingerprint density at radius 2 is 1.81 bits per heavy atom. The van der Waals surface area contributed by atoms with E-state index >= 15 is 0 Å². The SMILES string of the molecule is COc1ccc(CC[NH+](C)[C@@H](C)C(=O)Nc2cc(Cl)ccc2Cl)cc1OC. The Hall–Kier alpha value is -1.95. The smallest absolute Gasteiger partial charge is 0.282 e. The lowest BCUT2D eigenvalue weighted by molar-refractivity contribution is -0.893. The second-order valence-electron chi connectivity index (χ2n) is 6.37. The standard InChI is InChI=1S/C20H24Cl2N2O3/c1-13(20(25)23-17-12-15(21)6-7-16(17)22)24(2)10-9-14-5-8-18(26-3)19(11-14)27-4/h5-8,11-13H,9-10H2,1-4H3,(H,23,25)/p+1/t13-/m0/s1. The van der Waals surface area contributed by atoms with Gasteiger partial charge in [-0.05, 0) is 42.8 Å². The fourth-order valence-corrected chi connectivity index (χ4v) is 2.99. The van der Waals surface area contributed by atoms with Crippen molar-refractivity contribution in [3.63, 3.8) is 0 Å². The zero-order chi connectivity index (χ0) is 20.0. The maximum atomic E-state index is 12.5. The van der Waals surface area contributed by atoms with Gasteiger partial charge in [-0.15, -0.1) is 0 Å². The van der Waals surface area contributed by atoms with E-state index in [1.165, 1.54) is 0 Å². The van der Waals surface area contributed by atoms with Crippen molar-refractivity contribution in [1.82, 2.24) is 0 Å². The molecule has 0 radical (unpaired) electrons. The van der Waals surface area contributed by atoms with Crippen LogP contribution in [0.2, 0.25) is 10.0 Å². The van der Waals surface area contributed by atoms with Crippen LogP contribution in [0.15, 0.2) is 36.4 Å². The molecule has 2 N–H and O–H groups in total. The third kappa shape index (κ3) is 5.76. The van der Waals surface area contributed by atoms with Gasteiger partial charge in [-0.25, -0.2) is 0 Å².